The summed E-state index contributed by atoms with van der Waals surface area (Å²) in [5.41, 5.74) is 4.07. The second-order valence-corrected chi connectivity index (χ2v) is 8.20. The number of hydrogen-bond donors (Lipinski definition) is 2. The molecule has 5 rings (SSSR count). The third kappa shape index (κ3) is 3.77. The SMILES string of the molecule is O=C1CC(c2ccccc2)CC2=C1C(c1ccc(C(F)(F)F)cc1)Nc1ccccc1N2. The summed E-state index contributed by atoms with van der Waals surface area (Å²) in [6.07, 6.45) is -3.39. The van der Waals surface area contributed by atoms with Crippen molar-refractivity contribution in [3.8, 4) is 0 Å². The summed E-state index contributed by atoms with van der Waals surface area (Å²) in [7, 11) is 0. The standard InChI is InChI=1S/C26H21F3N2O/c27-26(28,29)19-12-10-17(11-13-19)25-24-22(30-20-8-4-5-9-21(20)31-25)14-18(15-23(24)32)16-6-2-1-3-7-16/h1-13,18,25,30-31H,14-15H2. The Morgan fingerprint density at radius 2 is 1.41 bits per heavy atom. The number of hydrogen-bond acceptors (Lipinski definition) is 3. The predicted octanol–water partition coefficient (Wildman–Crippen LogP) is 6.68. The highest BCUT2D eigenvalue weighted by molar-refractivity contribution is 6.01. The summed E-state index contributed by atoms with van der Waals surface area (Å²) < 4.78 is 39.2. The van der Waals surface area contributed by atoms with Crippen LogP contribution in [-0.4, -0.2) is 5.78 Å². The van der Waals surface area contributed by atoms with Crippen LogP contribution in [0.15, 0.2) is 90.1 Å². The van der Waals surface area contributed by atoms with E-state index in [2.05, 4.69) is 10.6 Å². The molecule has 0 radical (unpaired) electrons. The van der Waals surface area contributed by atoms with Gasteiger partial charge in [0, 0.05) is 17.7 Å². The molecule has 2 unspecified atom stereocenters. The maximum atomic E-state index is 13.4. The maximum Gasteiger partial charge on any atom is 0.416 e. The first-order valence-corrected chi connectivity index (χ1v) is 10.5. The summed E-state index contributed by atoms with van der Waals surface area (Å²) in [6, 6.07) is 22.1. The molecule has 3 aromatic carbocycles. The third-order valence-electron chi connectivity index (χ3n) is 6.15. The minimum atomic E-state index is -4.41. The van der Waals surface area contributed by atoms with Gasteiger partial charge in [-0.2, -0.15) is 13.2 Å². The van der Waals surface area contributed by atoms with E-state index in [1.54, 1.807) is 0 Å². The molecule has 1 aliphatic carbocycles. The zero-order valence-electron chi connectivity index (χ0n) is 17.1. The van der Waals surface area contributed by atoms with Gasteiger partial charge >= 0.3 is 6.18 Å². The Morgan fingerprint density at radius 1 is 0.750 bits per heavy atom. The molecule has 162 valence electrons. The van der Waals surface area contributed by atoms with Crippen LogP contribution in [0.5, 0.6) is 0 Å². The molecule has 0 saturated carbocycles. The van der Waals surface area contributed by atoms with Gasteiger partial charge in [-0.25, -0.2) is 0 Å². The minimum Gasteiger partial charge on any atom is -0.372 e. The lowest BCUT2D eigenvalue weighted by Crippen LogP contribution is -2.27. The van der Waals surface area contributed by atoms with Gasteiger partial charge in [0.25, 0.3) is 0 Å². The lowest BCUT2D eigenvalue weighted by Gasteiger charge is -2.30. The van der Waals surface area contributed by atoms with Crippen LogP contribution >= 0.6 is 0 Å². The van der Waals surface area contributed by atoms with E-state index in [0.717, 1.165) is 34.8 Å². The molecule has 32 heavy (non-hydrogen) atoms. The Hall–Kier alpha value is -3.54. The van der Waals surface area contributed by atoms with Crippen molar-refractivity contribution in [3.63, 3.8) is 0 Å². The summed E-state index contributed by atoms with van der Waals surface area (Å²) in [6.45, 7) is 0. The molecule has 0 bridgehead atoms. The van der Waals surface area contributed by atoms with E-state index < -0.39 is 17.8 Å². The molecular weight excluding hydrogens is 413 g/mol. The lowest BCUT2D eigenvalue weighted by molar-refractivity contribution is -0.137. The van der Waals surface area contributed by atoms with Crippen LogP contribution in [0.4, 0.5) is 24.5 Å². The van der Waals surface area contributed by atoms with Crippen LogP contribution in [0.25, 0.3) is 0 Å². The van der Waals surface area contributed by atoms with Crippen molar-refractivity contribution in [1.29, 1.82) is 0 Å². The second kappa shape index (κ2) is 7.86. The van der Waals surface area contributed by atoms with Crippen molar-refractivity contribution in [2.75, 3.05) is 10.6 Å². The fourth-order valence-electron chi connectivity index (χ4n) is 4.57. The van der Waals surface area contributed by atoms with E-state index in [-0.39, 0.29) is 11.7 Å². The Bertz CT molecular complexity index is 1180. The van der Waals surface area contributed by atoms with Gasteiger partial charge in [-0.05, 0) is 47.7 Å². The van der Waals surface area contributed by atoms with Gasteiger partial charge in [-0.1, -0.05) is 54.6 Å². The highest BCUT2D eigenvalue weighted by atomic mass is 19.4. The molecule has 0 spiro atoms. The molecule has 3 aromatic rings. The van der Waals surface area contributed by atoms with Crippen LogP contribution in [0.1, 0.15) is 41.5 Å². The number of ketones is 1. The van der Waals surface area contributed by atoms with Crippen molar-refractivity contribution < 1.29 is 18.0 Å². The number of halogens is 3. The van der Waals surface area contributed by atoms with Gasteiger partial charge in [-0.3, -0.25) is 4.79 Å². The number of benzene rings is 3. The van der Waals surface area contributed by atoms with Gasteiger partial charge in [0.2, 0.25) is 0 Å². The number of alkyl halides is 3. The smallest absolute Gasteiger partial charge is 0.372 e. The average molecular weight is 434 g/mol. The molecule has 3 nitrogen and oxygen atoms in total. The van der Waals surface area contributed by atoms with Crippen molar-refractivity contribution in [3.05, 3.63) is 107 Å². The monoisotopic (exact) mass is 434 g/mol. The van der Waals surface area contributed by atoms with E-state index in [9.17, 15) is 18.0 Å². The van der Waals surface area contributed by atoms with Crippen LogP contribution in [0, 0.1) is 0 Å². The first kappa shape index (κ1) is 20.4. The van der Waals surface area contributed by atoms with Crippen molar-refractivity contribution >= 4 is 17.2 Å². The zero-order chi connectivity index (χ0) is 22.3. The highest BCUT2D eigenvalue weighted by Gasteiger charge is 2.36. The maximum absolute atomic E-state index is 13.4. The molecule has 0 fully saturated rings. The number of allylic oxidation sites excluding steroid dienone is 1. The lowest BCUT2D eigenvalue weighted by atomic mass is 9.78. The van der Waals surface area contributed by atoms with E-state index in [1.807, 2.05) is 54.6 Å². The summed E-state index contributed by atoms with van der Waals surface area (Å²) >= 11 is 0. The highest BCUT2D eigenvalue weighted by Crippen LogP contribution is 2.44. The van der Waals surface area contributed by atoms with Crippen LogP contribution in [0.2, 0.25) is 0 Å². The molecule has 6 heteroatoms. The third-order valence-corrected chi connectivity index (χ3v) is 6.15. The first-order valence-electron chi connectivity index (χ1n) is 10.5. The molecular formula is C26H21F3N2O. The number of rotatable bonds is 2. The van der Waals surface area contributed by atoms with Gasteiger partial charge < -0.3 is 10.6 Å². The summed E-state index contributed by atoms with van der Waals surface area (Å²) in [4.78, 5) is 13.4. The van der Waals surface area contributed by atoms with Crippen molar-refractivity contribution in [2.24, 2.45) is 0 Å². The van der Waals surface area contributed by atoms with Gasteiger partial charge in [0.15, 0.2) is 5.78 Å². The Kier molecular flexibility index (Phi) is 5.00. The fourth-order valence-corrected chi connectivity index (χ4v) is 4.57. The number of carbonyl (C=O) groups is 1. The molecule has 2 atom stereocenters. The van der Waals surface area contributed by atoms with Crippen molar-refractivity contribution in [1.82, 2.24) is 0 Å². The summed E-state index contributed by atoms with van der Waals surface area (Å²) in [5.74, 6) is 0.0475. The molecule has 1 heterocycles. The molecule has 0 saturated heterocycles. The number of anilines is 2. The van der Waals surface area contributed by atoms with E-state index in [4.69, 9.17) is 0 Å². The molecule has 0 amide bonds. The van der Waals surface area contributed by atoms with Crippen LogP contribution < -0.4 is 10.6 Å². The molecule has 2 aliphatic rings. The number of fused-ring (bicyclic) bond motifs is 1. The van der Waals surface area contributed by atoms with Crippen LogP contribution in [0.3, 0.4) is 0 Å². The average Bonchev–Trinajstić information content (AvgIpc) is 2.96. The Morgan fingerprint density at radius 3 is 2.09 bits per heavy atom. The summed E-state index contributed by atoms with van der Waals surface area (Å²) in [5, 5.41) is 6.84. The van der Waals surface area contributed by atoms with Gasteiger partial charge in [0.1, 0.15) is 0 Å². The molecule has 0 aromatic heterocycles. The van der Waals surface area contributed by atoms with E-state index in [1.165, 1.54) is 12.1 Å². The first-order chi connectivity index (χ1) is 15.4. The number of Topliss-reactive ketones (excluding diaryl/α,β-unsaturated/α-hetero) is 1. The number of carbonyl (C=O) groups excluding carboxylic acids is 1. The fraction of sp³-hybridized carbons (Fsp3) is 0.192. The number of para-hydroxylation sites is 2. The quantitative estimate of drug-likeness (QED) is 0.472. The van der Waals surface area contributed by atoms with Crippen molar-refractivity contribution in [2.45, 2.75) is 31.0 Å². The Labute approximate surface area is 184 Å². The second-order valence-electron chi connectivity index (χ2n) is 8.20. The predicted molar refractivity (Wildman–Crippen MR) is 118 cm³/mol. The Balaban J connectivity index is 1.59. The normalized spacial score (nSPS) is 20.5. The zero-order valence-corrected chi connectivity index (χ0v) is 17.1. The minimum absolute atomic E-state index is 0.00203. The van der Waals surface area contributed by atoms with Gasteiger partial charge in [-0.15, -0.1) is 0 Å². The topological polar surface area (TPSA) is 41.1 Å². The van der Waals surface area contributed by atoms with E-state index in [0.29, 0.717) is 24.0 Å². The van der Waals surface area contributed by atoms with Gasteiger partial charge in [0.05, 0.1) is 23.0 Å². The van der Waals surface area contributed by atoms with E-state index >= 15 is 0 Å². The largest absolute Gasteiger partial charge is 0.416 e. The molecule has 2 N–H and O–H groups in total. The van der Waals surface area contributed by atoms with Crippen LogP contribution in [-0.2, 0) is 11.0 Å². The number of nitrogens with one attached hydrogen (secondary N) is 2. The molecule has 1 aliphatic heterocycles.